The van der Waals surface area contributed by atoms with Crippen LogP contribution in [0.25, 0.3) is 0 Å². The fourth-order valence-electron chi connectivity index (χ4n) is 2.22. The van der Waals surface area contributed by atoms with Crippen molar-refractivity contribution >= 4 is 11.8 Å². The number of anilines is 1. The van der Waals surface area contributed by atoms with Gasteiger partial charge in [-0.05, 0) is 55.4 Å². The van der Waals surface area contributed by atoms with E-state index in [0.717, 1.165) is 17.1 Å². The summed E-state index contributed by atoms with van der Waals surface area (Å²) in [5.41, 5.74) is 2.63. The number of carbonyl (C=O) groups excluding carboxylic acids is 1. The van der Waals surface area contributed by atoms with Crippen molar-refractivity contribution in [3.8, 4) is 0 Å². The molecule has 1 unspecified atom stereocenters. The molecule has 0 aliphatic rings. The van der Waals surface area contributed by atoms with Crippen molar-refractivity contribution in [3.05, 3.63) is 11.4 Å². The molecule has 0 aliphatic carbocycles. The van der Waals surface area contributed by atoms with Gasteiger partial charge in [-0.3, -0.25) is 4.68 Å². The lowest BCUT2D eigenvalue weighted by Gasteiger charge is -2.21. The molecule has 0 saturated carbocycles. The number of nitrogens with one attached hydrogen (secondary N) is 2. The van der Waals surface area contributed by atoms with Crippen molar-refractivity contribution in [2.24, 2.45) is 0 Å². The van der Waals surface area contributed by atoms with Gasteiger partial charge in [-0.15, -0.1) is 0 Å². The van der Waals surface area contributed by atoms with Crippen LogP contribution in [0, 0.1) is 13.8 Å². The lowest BCUT2D eigenvalue weighted by Crippen LogP contribution is -2.38. The summed E-state index contributed by atoms with van der Waals surface area (Å²) in [5, 5.41) is 10.7. The smallest absolute Gasteiger partial charge is 0.407 e. The Morgan fingerprint density at radius 3 is 2.32 bits per heavy atom. The van der Waals surface area contributed by atoms with E-state index >= 15 is 0 Å². The lowest BCUT2D eigenvalue weighted by atomic mass is 10.2. The summed E-state index contributed by atoms with van der Waals surface area (Å²) in [5.74, 6) is 0. The third kappa shape index (κ3) is 5.24. The predicted molar refractivity (Wildman–Crippen MR) is 89.4 cm³/mol. The van der Waals surface area contributed by atoms with E-state index in [4.69, 9.17) is 4.74 Å². The molecule has 0 aliphatic heterocycles. The van der Waals surface area contributed by atoms with Crippen molar-refractivity contribution in [2.75, 3.05) is 11.9 Å². The van der Waals surface area contributed by atoms with Crippen molar-refractivity contribution < 1.29 is 9.53 Å². The minimum atomic E-state index is -0.480. The average molecular weight is 310 g/mol. The van der Waals surface area contributed by atoms with E-state index in [-0.39, 0.29) is 6.04 Å². The summed E-state index contributed by atoms with van der Waals surface area (Å²) in [6, 6.07) is 0.402. The average Bonchev–Trinajstić information content (AvgIpc) is 2.62. The number of carbonyl (C=O) groups is 1. The van der Waals surface area contributed by atoms with Gasteiger partial charge in [0, 0.05) is 18.6 Å². The quantitative estimate of drug-likeness (QED) is 0.874. The fourth-order valence-corrected chi connectivity index (χ4v) is 2.22. The van der Waals surface area contributed by atoms with Gasteiger partial charge in [-0.1, -0.05) is 0 Å². The lowest BCUT2D eigenvalue weighted by molar-refractivity contribution is 0.0526. The Labute approximate surface area is 133 Å². The molecule has 0 fully saturated rings. The van der Waals surface area contributed by atoms with Crippen molar-refractivity contribution in [1.29, 1.82) is 0 Å². The Morgan fingerprint density at radius 2 is 1.86 bits per heavy atom. The highest BCUT2D eigenvalue weighted by molar-refractivity contribution is 5.67. The first-order valence-electron chi connectivity index (χ1n) is 7.80. The van der Waals surface area contributed by atoms with Gasteiger partial charge in [-0.25, -0.2) is 4.79 Å². The predicted octanol–water partition coefficient (Wildman–Crippen LogP) is 3.41. The van der Waals surface area contributed by atoms with Crippen LogP contribution in [0.5, 0.6) is 0 Å². The molecule has 126 valence electrons. The zero-order valence-corrected chi connectivity index (χ0v) is 15.1. The second kappa shape index (κ2) is 7.03. The second-order valence-electron chi connectivity index (χ2n) is 7.01. The van der Waals surface area contributed by atoms with Crippen LogP contribution in [0.15, 0.2) is 0 Å². The molecule has 6 heteroatoms. The van der Waals surface area contributed by atoms with Gasteiger partial charge in [0.25, 0.3) is 0 Å². The number of hydrogen-bond donors (Lipinski definition) is 2. The van der Waals surface area contributed by atoms with Gasteiger partial charge < -0.3 is 15.4 Å². The Hall–Kier alpha value is -1.72. The maximum atomic E-state index is 11.7. The van der Waals surface area contributed by atoms with E-state index in [0.29, 0.717) is 12.6 Å². The molecule has 22 heavy (non-hydrogen) atoms. The van der Waals surface area contributed by atoms with Crippen LogP contribution in [0.3, 0.4) is 0 Å². The van der Waals surface area contributed by atoms with Gasteiger partial charge in [-0.2, -0.15) is 5.10 Å². The van der Waals surface area contributed by atoms with E-state index in [1.807, 2.05) is 39.3 Å². The van der Waals surface area contributed by atoms with Gasteiger partial charge in [0.2, 0.25) is 0 Å². The number of nitrogens with zero attached hydrogens (tertiary/aromatic N) is 2. The molecule has 0 aromatic carbocycles. The monoisotopic (exact) mass is 310 g/mol. The van der Waals surface area contributed by atoms with Crippen molar-refractivity contribution in [1.82, 2.24) is 15.1 Å². The topological polar surface area (TPSA) is 68.2 Å². The molecular weight excluding hydrogens is 280 g/mol. The molecular formula is C16H30N4O2. The summed E-state index contributed by atoms with van der Waals surface area (Å²) in [6.45, 7) is 16.3. The standard InChI is InChI=1S/C16H30N4O2/c1-10(2)20-13(5)14(12(4)19-20)18-11(3)9-17-15(21)22-16(6,7)8/h10-11,18H,9H2,1-8H3,(H,17,21). The minimum Gasteiger partial charge on any atom is -0.444 e. The number of rotatable bonds is 5. The number of aromatic nitrogens is 2. The first-order chi connectivity index (χ1) is 10.0. The van der Waals surface area contributed by atoms with Crippen molar-refractivity contribution in [2.45, 2.75) is 73.1 Å². The normalized spacial score (nSPS) is 13.1. The van der Waals surface area contributed by atoms with Crippen LogP contribution in [-0.2, 0) is 4.74 Å². The van der Waals surface area contributed by atoms with Crippen LogP contribution >= 0.6 is 0 Å². The summed E-state index contributed by atoms with van der Waals surface area (Å²) in [7, 11) is 0. The van der Waals surface area contributed by atoms with E-state index in [9.17, 15) is 4.79 Å². The van der Waals surface area contributed by atoms with E-state index < -0.39 is 11.7 Å². The number of alkyl carbamates (subject to hydrolysis) is 1. The fraction of sp³-hybridized carbons (Fsp3) is 0.750. The Bertz CT molecular complexity index is 515. The first kappa shape index (κ1) is 18.3. The summed E-state index contributed by atoms with van der Waals surface area (Å²) in [6.07, 6.45) is -0.396. The van der Waals surface area contributed by atoms with Crippen LogP contribution in [0.2, 0.25) is 0 Å². The van der Waals surface area contributed by atoms with Crippen LogP contribution in [-0.4, -0.2) is 34.1 Å². The summed E-state index contributed by atoms with van der Waals surface area (Å²) < 4.78 is 7.23. The third-order valence-corrected chi connectivity index (χ3v) is 3.16. The number of hydrogen-bond acceptors (Lipinski definition) is 4. The highest BCUT2D eigenvalue weighted by atomic mass is 16.6. The molecule has 1 rings (SSSR count). The Morgan fingerprint density at radius 1 is 1.27 bits per heavy atom. The first-order valence-corrected chi connectivity index (χ1v) is 7.80. The van der Waals surface area contributed by atoms with E-state index in [2.05, 4.69) is 36.5 Å². The largest absolute Gasteiger partial charge is 0.444 e. The maximum absolute atomic E-state index is 11.7. The molecule has 1 aromatic rings. The molecule has 1 heterocycles. The number of ether oxygens (including phenoxy) is 1. The zero-order chi connectivity index (χ0) is 17.1. The molecule has 0 spiro atoms. The van der Waals surface area contributed by atoms with Gasteiger partial charge in [0.1, 0.15) is 5.60 Å². The van der Waals surface area contributed by atoms with Crippen LogP contribution < -0.4 is 10.6 Å². The molecule has 6 nitrogen and oxygen atoms in total. The highest BCUT2D eigenvalue weighted by Crippen LogP contribution is 2.22. The van der Waals surface area contributed by atoms with Gasteiger partial charge in [0.15, 0.2) is 0 Å². The van der Waals surface area contributed by atoms with Crippen LogP contribution in [0.1, 0.15) is 59.0 Å². The Balaban J connectivity index is 2.59. The zero-order valence-electron chi connectivity index (χ0n) is 15.1. The van der Waals surface area contributed by atoms with E-state index in [1.165, 1.54) is 0 Å². The van der Waals surface area contributed by atoms with E-state index in [1.54, 1.807) is 0 Å². The third-order valence-electron chi connectivity index (χ3n) is 3.16. The SMILES string of the molecule is Cc1nn(C(C)C)c(C)c1NC(C)CNC(=O)OC(C)(C)C. The number of aryl methyl sites for hydroxylation is 1. The molecule has 1 aromatic heterocycles. The van der Waals surface area contributed by atoms with Gasteiger partial charge >= 0.3 is 6.09 Å². The second-order valence-corrected chi connectivity index (χ2v) is 7.01. The molecule has 0 saturated heterocycles. The molecule has 0 radical (unpaired) electrons. The highest BCUT2D eigenvalue weighted by Gasteiger charge is 2.18. The van der Waals surface area contributed by atoms with Gasteiger partial charge in [0.05, 0.1) is 17.1 Å². The summed E-state index contributed by atoms with van der Waals surface area (Å²) >= 11 is 0. The number of amides is 1. The molecule has 1 amide bonds. The molecule has 2 N–H and O–H groups in total. The van der Waals surface area contributed by atoms with Crippen molar-refractivity contribution in [3.63, 3.8) is 0 Å². The maximum Gasteiger partial charge on any atom is 0.407 e. The van der Waals surface area contributed by atoms with Crippen LogP contribution in [0.4, 0.5) is 10.5 Å². The molecule has 1 atom stereocenters. The molecule has 0 bridgehead atoms. The minimum absolute atomic E-state index is 0.0785. The summed E-state index contributed by atoms with van der Waals surface area (Å²) in [4.78, 5) is 11.7. The Kier molecular flexibility index (Phi) is 5.85.